The van der Waals surface area contributed by atoms with Crippen molar-refractivity contribution in [3.63, 3.8) is 0 Å². The monoisotopic (exact) mass is 432 g/mol. The van der Waals surface area contributed by atoms with Crippen LogP contribution in [0.3, 0.4) is 0 Å². The molecule has 3 fully saturated rings. The smallest absolute Gasteiger partial charge is 0.209 e. The minimum absolute atomic E-state index is 0.0235. The molecule has 0 aromatic heterocycles. The molecule has 0 bridgehead atoms. The summed E-state index contributed by atoms with van der Waals surface area (Å²) in [4.78, 5) is 2.09. The number of rotatable bonds is 6. The van der Waals surface area contributed by atoms with Crippen LogP contribution in [0.15, 0.2) is 30.5 Å². The molecule has 1 N–H and O–H groups in total. The molecule has 0 spiro atoms. The van der Waals surface area contributed by atoms with Gasteiger partial charge in [-0.2, -0.15) is 0 Å². The molecule has 0 radical (unpaired) electrons. The van der Waals surface area contributed by atoms with Crippen LogP contribution >= 0.6 is 0 Å². The van der Waals surface area contributed by atoms with Crippen LogP contribution in [0.1, 0.15) is 43.7 Å². The molecular formula is C23H29FN2O3S. The number of ether oxygens (including phenoxy) is 1. The zero-order chi connectivity index (χ0) is 21.5. The van der Waals surface area contributed by atoms with Gasteiger partial charge >= 0.3 is 0 Å². The predicted octanol–water partition coefficient (Wildman–Crippen LogP) is 2.81. The molecule has 2 aliphatic heterocycles. The van der Waals surface area contributed by atoms with Gasteiger partial charge in [-0.25, -0.2) is 17.5 Å². The zero-order valence-electron chi connectivity index (χ0n) is 17.6. The van der Waals surface area contributed by atoms with Crippen molar-refractivity contribution >= 4 is 10.0 Å². The summed E-state index contributed by atoms with van der Waals surface area (Å²) >= 11 is 0. The summed E-state index contributed by atoms with van der Waals surface area (Å²) in [6, 6.07) is 4.75. The molecule has 0 amide bonds. The summed E-state index contributed by atoms with van der Waals surface area (Å²) in [6.07, 6.45) is 5.16. The molecular weight excluding hydrogens is 403 g/mol. The van der Waals surface area contributed by atoms with Crippen molar-refractivity contribution in [1.82, 2.24) is 9.62 Å². The Morgan fingerprint density at radius 3 is 2.73 bits per heavy atom. The molecule has 4 rings (SSSR count). The van der Waals surface area contributed by atoms with Gasteiger partial charge in [0, 0.05) is 36.2 Å². The van der Waals surface area contributed by atoms with E-state index in [0.717, 1.165) is 31.2 Å². The lowest BCUT2D eigenvalue weighted by molar-refractivity contribution is -0.0422. The van der Waals surface area contributed by atoms with Crippen LogP contribution in [0.2, 0.25) is 0 Å². The maximum atomic E-state index is 15.2. The SMILES string of the molecule is C=C(C1CCO1)N1CC[C@H](NS(C)(=O)=O)[C@@H]1Cc1cccc(C#CC2(C)CC2)c1F. The maximum absolute atomic E-state index is 15.2. The molecule has 1 aliphatic carbocycles. The lowest BCUT2D eigenvalue weighted by atomic mass is 9.97. The molecule has 1 aromatic carbocycles. The first-order chi connectivity index (χ1) is 14.2. The van der Waals surface area contributed by atoms with E-state index >= 15 is 4.39 Å². The molecule has 162 valence electrons. The summed E-state index contributed by atoms with van der Waals surface area (Å²) < 4.78 is 47.4. The van der Waals surface area contributed by atoms with Crippen molar-refractivity contribution in [2.75, 3.05) is 19.4 Å². The summed E-state index contributed by atoms with van der Waals surface area (Å²) in [5.41, 5.74) is 1.82. The number of hydrogen-bond acceptors (Lipinski definition) is 4. The van der Waals surface area contributed by atoms with Crippen molar-refractivity contribution < 1.29 is 17.5 Å². The van der Waals surface area contributed by atoms with Gasteiger partial charge in [0.1, 0.15) is 5.82 Å². The molecule has 3 atom stereocenters. The fraction of sp³-hybridized carbons (Fsp3) is 0.565. The predicted molar refractivity (Wildman–Crippen MR) is 115 cm³/mol. The van der Waals surface area contributed by atoms with E-state index in [1.165, 1.54) is 0 Å². The summed E-state index contributed by atoms with van der Waals surface area (Å²) in [5.74, 6) is 5.88. The van der Waals surface area contributed by atoms with Crippen LogP contribution in [0.25, 0.3) is 0 Å². The van der Waals surface area contributed by atoms with Crippen LogP contribution in [-0.2, 0) is 21.2 Å². The van der Waals surface area contributed by atoms with Crippen LogP contribution < -0.4 is 4.72 Å². The normalized spacial score (nSPS) is 27.2. The van der Waals surface area contributed by atoms with Gasteiger partial charge in [0.05, 0.1) is 24.5 Å². The molecule has 2 heterocycles. The lowest BCUT2D eigenvalue weighted by Gasteiger charge is -2.38. The maximum Gasteiger partial charge on any atom is 0.209 e. The quantitative estimate of drug-likeness (QED) is 0.703. The van der Waals surface area contributed by atoms with Crippen molar-refractivity contribution in [3.8, 4) is 11.8 Å². The highest BCUT2D eigenvalue weighted by Gasteiger charge is 2.40. The molecule has 1 aromatic rings. The third kappa shape index (κ3) is 4.72. The minimum atomic E-state index is -3.38. The Labute approximate surface area is 178 Å². The van der Waals surface area contributed by atoms with Gasteiger partial charge in [0.15, 0.2) is 0 Å². The van der Waals surface area contributed by atoms with Crippen molar-refractivity contribution in [3.05, 3.63) is 47.4 Å². The van der Waals surface area contributed by atoms with Gasteiger partial charge in [-0.3, -0.25) is 0 Å². The number of nitrogens with zero attached hydrogens (tertiary/aromatic N) is 1. The summed E-state index contributed by atoms with van der Waals surface area (Å²) in [7, 11) is -3.38. The first-order valence-electron chi connectivity index (χ1n) is 10.5. The number of likely N-dealkylation sites (tertiary alicyclic amines) is 1. The van der Waals surface area contributed by atoms with E-state index in [0.29, 0.717) is 37.1 Å². The van der Waals surface area contributed by atoms with Crippen LogP contribution in [0, 0.1) is 23.1 Å². The van der Waals surface area contributed by atoms with Crippen molar-refractivity contribution in [2.45, 2.75) is 57.2 Å². The molecule has 1 unspecified atom stereocenters. The van der Waals surface area contributed by atoms with Crippen molar-refractivity contribution in [1.29, 1.82) is 0 Å². The Morgan fingerprint density at radius 1 is 1.40 bits per heavy atom. The van der Waals surface area contributed by atoms with E-state index in [-0.39, 0.29) is 29.4 Å². The second kappa shape index (κ2) is 7.99. The largest absolute Gasteiger partial charge is 0.372 e. The van der Waals surface area contributed by atoms with E-state index in [4.69, 9.17) is 4.74 Å². The molecule has 1 saturated carbocycles. The first-order valence-corrected chi connectivity index (χ1v) is 12.4. The topological polar surface area (TPSA) is 58.6 Å². The second-order valence-corrected chi connectivity index (χ2v) is 10.8. The van der Waals surface area contributed by atoms with E-state index in [2.05, 4.69) is 35.0 Å². The highest BCUT2D eigenvalue weighted by atomic mass is 32.2. The van der Waals surface area contributed by atoms with Gasteiger partial charge in [-0.15, -0.1) is 0 Å². The minimum Gasteiger partial charge on any atom is -0.372 e. The van der Waals surface area contributed by atoms with Gasteiger partial charge in [0.25, 0.3) is 0 Å². The lowest BCUT2D eigenvalue weighted by Crippen LogP contribution is -2.48. The van der Waals surface area contributed by atoms with E-state index in [1.807, 2.05) is 6.07 Å². The van der Waals surface area contributed by atoms with Crippen molar-refractivity contribution in [2.24, 2.45) is 5.41 Å². The zero-order valence-corrected chi connectivity index (χ0v) is 18.4. The summed E-state index contributed by atoms with van der Waals surface area (Å²) in [6.45, 7) is 7.66. The fourth-order valence-electron chi connectivity index (χ4n) is 4.15. The first kappa shape index (κ1) is 21.4. The molecule has 2 saturated heterocycles. The Kier molecular flexibility index (Phi) is 5.69. The van der Waals surface area contributed by atoms with Gasteiger partial charge in [0.2, 0.25) is 10.0 Å². The Balaban J connectivity index is 1.59. The average Bonchev–Trinajstić information content (AvgIpc) is 3.23. The van der Waals surface area contributed by atoms with Gasteiger partial charge < -0.3 is 9.64 Å². The highest BCUT2D eigenvalue weighted by Crippen LogP contribution is 2.44. The van der Waals surface area contributed by atoms with E-state index in [9.17, 15) is 8.42 Å². The molecule has 7 heteroatoms. The van der Waals surface area contributed by atoms with Gasteiger partial charge in [-0.1, -0.05) is 30.6 Å². The third-order valence-corrected chi connectivity index (χ3v) is 7.09. The fourth-order valence-corrected chi connectivity index (χ4v) is 4.97. The average molecular weight is 433 g/mol. The Hall–Kier alpha value is -1.88. The Morgan fingerprint density at radius 2 is 2.13 bits per heavy atom. The van der Waals surface area contributed by atoms with Crippen LogP contribution in [-0.4, -0.2) is 50.9 Å². The number of benzene rings is 1. The molecule has 5 nitrogen and oxygen atoms in total. The van der Waals surface area contributed by atoms with E-state index < -0.39 is 10.0 Å². The number of sulfonamides is 1. The molecule has 30 heavy (non-hydrogen) atoms. The van der Waals surface area contributed by atoms with Gasteiger partial charge in [-0.05, 0) is 44.2 Å². The third-order valence-electron chi connectivity index (χ3n) is 6.36. The summed E-state index contributed by atoms with van der Waals surface area (Å²) in [5, 5.41) is 0. The van der Waals surface area contributed by atoms with E-state index in [1.54, 1.807) is 12.1 Å². The van der Waals surface area contributed by atoms with Crippen LogP contribution in [0.5, 0.6) is 0 Å². The number of nitrogens with one attached hydrogen (secondary N) is 1. The Bertz CT molecular complexity index is 1000. The number of halogens is 1. The highest BCUT2D eigenvalue weighted by molar-refractivity contribution is 7.88. The standard InChI is InChI=1S/C23H29FN2O3S/c1-16(21-9-14-29-21)26-13-8-19(25-30(3,27)28)20(26)15-18-6-4-5-17(22(18)24)7-10-23(2)11-12-23/h4-6,19-21,25H,1,8-9,11-15H2,2-3H3/t19-,20-,21?/m0/s1. The van der Waals surface area contributed by atoms with Crippen LogP contribution in [0.4, 0.5) is 4.39 Å². The second-order valence-electron chi connectivity index (χ2n) is 8.98. The molecule has 3 aliphatic rings. The number of hydrogen-bond donors (Lipinski definition) is 1.